The summed E-state index contributed by atoms with van der Waals surface area (Å²) in [6.07, 6.45) is -0.482. The standard InChI is InChI=1S/C13H10Cl2O4/c1-7(9-5-6-11(19-9)13(16)17)18-10-4-2-3-8(14)12(10)15/h2-7H,1H3,(H,16,17). The Balaban J connectivity index is 2.18. The van der Waals surface area contributed by atoms with Gasteiger partial charge in [-0.3, -0.25) is 0 Å². The number of carboxylic acids is 1. The molecule has 0 aliphatic rings. The lowest BCUT2D eigenvalue weighted by molar-refractivity contribution is 0.0655. The van der Waals surface area contributed by atoms with Crippen LogP contribution < -0.4 is 4.74 Å². The molecule has 6 heteroatoms. The topological polar surface area (TPSA) is 59.7 Å². The van der Waals surface area contributed by atoms with E-state index in [9.17, 15) is 4.79 Å². The molecule has 100 valence electrons. The van der Waals surface area contributed by atoms with Gasteiger partial charge in [0.1, 0.15) is 16.5 Å². The molecule has 1 aromatic heterocycles. The third-order valence-corrected chi connectivity index (χ3v) is 3.26. The second-order valence-corrected chi connectivity index (χ2v) is 4.60. The van der Waals surface area contributed by atoms with E-state index >= 15 is 0 Å². The van der Waals surface area contributed by atoms with E-state index in [-0.39, 0.29) is 5.76 Å². The van der Waals surface area contributed by atoms with Crippen molar-refractivity contribution < 1.29 is 19.1 Å². The van der Waals surface area contributed by atoms with Crippen LogP contribution in [0.2, 0.25) is 10.0 Å². The quantitative estimate of drug-likeness (QED) is 0.907. The van der Waals surface area contributed by atoms with Crippen molar-refractivity contribution in [1.82, 2.24) is 0 Å². The zero-order valence-corrected chi connectivity index (χ0v) is 11.4. The summed E-state index contributed by atoms with van der Waals surface area (Å²) in [6, 6.07) is 7.95. The third kappa shape index (κ3) is 3.03. The Bertz CT molecular complexity index is 606. The maximum Gasteiger partial charge on any atom is 0.371 e. The van der Waals surface area contributed by atoms with Crippen LogP contribution >= 0.6 is 23.2 Å². The Morgan fingerprint density at radius 3 is 2.68 bits per heavy atom. The molecule has 2 rings (SSSR count). The Labute approximate surface area is 119 Å². The van der Waals surface area contributed by atoms with Gasteiger partial charge < -0.3 is 14.3 Å². The second kappa shape index (κ2) is 5.55. The van der Waals surface area contributed by atoms with Gasteiger partial charge in [-0.2, -0.15) is 0 Å². The predicted molar refractivity (Wildman–Crippen MR) is 71.2 cm³/mol. The average molecular weight is 301 g/mol. The maximum absolute atomic E-state index is 10.7. The van der Waals surface area contributed by atoms with Crippen molar-refractivity contribution in [3.8, 4) is 5.75 Å². The number of furan rings is 1. The van der Waals surface area contributed by atoms with E-state index in [4.69, 9.17) is 37.5 Å². The third-order valence-electron chi connectivity index (χ3n) is 2.46. The lowest BCUT2D eigenvalue weighted by Gasteiger charge is -2.14. The van der Waals surface area contributed by atoms with Gasteiger partial charge >= 0.3 is 5.97 Å². The second-order valence-electron chi connectivity index (χ2n) is 3.82. The molecule has 0 fully saturated rings. The normalized spacial score (nSPS) is 12.2. The van der Waals surface area contributed by atoms with Crippen LogP contribution in [-0.4, -0.2) is 11.1 Å². The number of carbonyl (C=O) groups is 1. The van der Waals surface area contributed by atoms with Gasteiger partial charge in [0.25, 0.3) is 0 Å². The van der Waals surface area contributed by atoms with Crippen molar-refractivity contribution >= 4 is 29.2 Å². The number of rotatable bonds is 4. The number of carboxylic acid groups (broad SMARTS) is 1. The molecular weight excluding hydrogens is 291 g/mol. The highest BCUT2D eigenvalue weighted by atomic mass is 35.5. The van der Waals surface area contributed by atoms with Gasteiger partial charge in [0.2, 0.25) is 5.76 Å². The molecule has 0 amide bonds. The van der Waals surface area contributed by atoms with E-state index in [2.05, 4.69) is 0 Å². The lowest BCUT2D eigenvalue weighted by atomic mass is 10.3. The molecule has 0 aliphatic heterocycles. The van der Waals surface area contributed by atoms with Crippen LogP contribution in [-0.2, 0) is 0 Å². The van der Waals surface area contributed by atoms with Crippen LogP contribution in [0.25, 0.3) is 0 Å². The molecule has 1 N–H and O–H groups in total. The van der Waals surface area contributed by atoms with Crippen molar-refractivity contribution in [1.29, 1.82) is 0 Å². The number of benzene rings is 1. The first-order chi connectivity index (χ1) is 8.99. The molecule has 0 spiro atoms. The molecule has 1 unspecified atom stereocenters. The summed E-state index contributed by atoms with van der Waals surface area (Å²) in [4.78, 5) is 10.7. The minimum Gasteiger partial charge on any atom is -0.481 e. The summed E-state index contributed by atoms with van der Waals surface area (Å²) in [5.41, 5.74) is 0. The number of hydrogen-bond acceptors (Lipinski definition) is 3. The highest BCUT2D eigenvalue weighted by molar-refractivity contribution is 6.42. The number of hydrogen-bond donors (Lipinski definition) is 1. The van der Waals surface area contributed by atoms with E-state index in [1.54, 1.807) is 31.2 Å². The molecule has 1 heterocycles. The highest BCUT2D eigenvalue weighted by Crippen LogP contribution is 2.34. The van der Waals surface area contributed by atoms with Crippen molar-refractivity contribution in [2.24, 2.45) is 0 Å². The van der Waals surface area contributed by atoms with Crippen LogP contribution in [0.15, 0.2) is 34.7 Å². The summed E-state index contributed by atoms with van der Waals surface area (Å²) in [7, 11) is 0. The van der Waals surface area contributed by atoms with Crippen molar-refractivity contribution in [3.05, 3.63) is 51.9 Å². The molecular formula is C13H10Cl2O4. The largest absolute Gasteiger partial charge is 0.481 e. The Morgan fingerprint density at radius 2 is 2.05 bits per heavy atom. The molecule has 1 atom stereocenters. The van der Waals surface area contributed by atoms with Crippen LogP contribution in [0.1, 0.15) is 29.3 Å². The van der Waals surface area contributed by atoms with E-state index in [1.807, 2.05) is 0 Å². The fourth-order valence-electron chi connectivity index (χ4n) is 1.51. The fraction of sp³-hybridized carbons (Fsp3) is 0.154. The first kappa shape index (κ1) is 13.8. The van der Waals surface area contributed by atoms with E-state index in [0.717, 1.165) is 0 Å². The van der Waals surface area contributed by atoms with Crippen LogP contribution in [0.5, 0.6) is 5.75 Å². The molecule has 19 heavy (non-hydrogen) atoms. The van der Waals surface area contributed by atoms with Crippen molar-refractivity contribution in [2.75, 3.05) is 0 Å². The predicted octanol–water partition coefficient (Wildman–Crippen LogP) is 4.42. The van der Waals surface area contributed by atoms with E-state index < -0.39 is 12.1 Å². The van der Waals surface area contributed by atoms with Crippen LogP contribution in [0.4, 0.5) is 0 Å². The lowest BCUT2D eigenvalue weighted by Crippen LogP contribution is -2.02. The monoisotopic (exact) mass is 300 g/mol. The average Bonchev–Trinajstić information content (AvgIpc) is 2.84. The smallest absolute Gasteiger partial charge is 0.371 e. The minimum atomic E-state index is -1.13. The van der Waals surface area contributed by atoms with Gasteiger partial charge in [0.05, 0.1) is 5.02 Å². The van der Waals surface area contributed by atoms with E-state index in [1.165, 1.54) is 6.07 Å². The molecule has 0 saturated carbocycles. The van der Waals surface area contributed by atoms with Gasteiger partial charge in [0, 0.05) is 0 Å². The van der Waals surface area contributed by atoms with Gasteiger partial charge in [-0.05, 0) is 31.2 Å². The molecule has 4 nitrogen and oxygen atoms in total. The molecule has 0 aliphatic carbocycles. The zero-order valence-electron chi connectivity index (χ0n) is 9.89. The molecule has 0 saturated heterocycles. The van der Waals surface area contributed by atoms with Gasteiger partial charge in [-0.15, -0.1) is 0 Å². The van der Waals surface area contributed by atoms with Gasteiger partial charge in [-0.1, -0.05) is 29.3 Å². The number of ether oxygens (including phenoxy) is 1. The van der Waals surface area contributed by atoms with Gasteiger partial charge in [-0.25, -0.2) is 4.79 Å². The van der Waals surface area contributed by atoms with Gasteiger partial charge in [0.15, 0.2) is 6.10 Å². The first-order valence-electron chi connectivity index (χ1n) is 5.42. The summed E-state index contributed by atoms with van der Waals surface area (Å²) >= 11 is 11.9. The first-order valence-corrected chi connectivity index (χ1v) is 6.18. The minimum absolute atomic E-state index is 0.136. The Kier molecular flexibility index (Phi) is 4.02. The fourth-order valence-corrected chi connectivity index (χ4v) is 1.85. The molecule has 2 aromatic rings. The van der Waals surface area contributed by atoms with E-state index in [0.29, 0.717) is 21.6 Å². The maximum atomic E-state index is 10.7. The zero-order chi connectivity index (χ0) is 14.0. The van der Waals surface area contributed by atoms with Crippen LogP contribution in [0, 0.1) is 0 Å². The highest BCUT2D eigenvalue weighted by Gasteiger charge is 2.17. The molecule has 0 radical (unpaired) electrons. The van der Waals surface area contributed by atoms with Crippen LogP contribution in [0.3, 0.4) is 0 Å². The van der Waals surface area contributed by atoms with Crippen molar-refractivity contribution in [2.45, 2.75) is 13.0 Å². The number of halogens is 2. The summed E-state index contributed by atoms with van der Waals surface area (Å²) in [5, 5.41) is 9.47. The van der Waals surface area contributed by atoms with Crippen molar-refractivity contribution in [3.63, 3.8) is 0 Å². The summed E-state index contributed by atoms with van der Waals surface area (Å²) in [6.45, 7) is 1.72. The molecule has 0 bridgehead atoms. The Morgan fingerprint density at radius 1 is 1.32 bits per heavy atom. The Hall–Kier alpha value is -1.65. The molecule has 1 aromatic carbocycles. The summed E-state index contributed by atoms with van der Waals surface area (Å²) < 4.78 is 10.8. The number of aromatic carboxylic acids is 1. The summed E-state index contributed by atoms with van der Waals surface area (Å²) in [5.74, 6) is -0.453. The SMILES string of the molecule is CC(Oc1cccc(Cl)c1Cl)c1ccc(C(=O)O)o1.